The molecule has 3 heterocycles. The van der Waals surface area contributed by atoms with Crippen molar-refractivity contribution in [2.45, 2.75) is 25.0 Å². The van der Waals surface area contributed by atoms with Crippen LogP contribution in [0.3, 0.4) is 0 Å². The lowest BCUT2D eigenvalue weighted by Gasteiger charge is -2.22. The summed E-state index contributed by atoms with van der Waals surface area (Å²) in [6, 6.07) is 7.58. The average molecular weight is 392 g/mol. The van der Waals surface area contributed by atoms with Gasteiger partial charge in [-0.15, -0.1) is 0 Å². The molecule has 0 saturated carbocycles. The van der Waals surface area contributed by atoms with Gasteiger partial charge in [0, 0.05) is 4.47 Å². The monoisotopic (exact) mass is 391 g/mol. The predicted octanol–water partition coefficient (Wildman–Crippen LogP) is 2.69. The first-order valence-electron chi connectivity index (χ1n) is 8.17. The van der Waals surface area contributed by atoms with E-state index in [1.807, 2.05) is 43.3 Å². The summed E-state index contributed by atoms with van der Waals surface area (Å²) in [4.78, 5) is 27.3. The molecular weight excluding hydrogens is 374 g/mol. The topological polar surface area (TPSA) is 55.8 Å². The van der Waals surface area contributed by atoms with E-state index in [1.54, 1.807) is 4.90 Å². The molecule has 0 unspecified atom stereocenters. The molecule has 1 amide bonds. The van der Waals surface area contributed by atoms with Crippen molar-refractivity contribution in [3.05, 3.63) is 40.9 Å². The third kappa shape index (κ3) is 2.16. The largest absolute Gasteiger partial charge is 0.465 e. The van der Waals surface area contributed by atoms with Crippen LogP contribution in [0.4, 0.5) is 5.69 Å². The standard InChI is InChI=1S/C18H18BrNO4/c1-2-9-23-17(22)14-13-7-8-18(24-13)10-20(16(21)15(14)18)12-6-4-3-5-11(12)19/h3-8,13-15H,2,9-10H2,1H3/t13-,14+,15+,18-/m0/s1. The van der Waals surface area contributed by atoms with E-state index in [-0.39, 0.29) is 18.0 Å². The number of rotatable bonds is 4. The summed E-state index contributed by atoms with van der Waals surface area (Å²) in [5.74, 6) is -1.47. The molecule has 1 aromatic rings. The van der Waals surface area contributed by atoms with Crippen molar-refractivity contribution in [1.29, 1.82) is 0 Å². The highest BCUT2D eigenvalue weighted by molar-refractivity contribution is 9.10. The van der Waals surface area contributed by atoms with Crippen molar-refractivity contribution in [2.24, 2.45) is 11.8 Å². The summed E-state index contributed by atoms with van der Waals surface area (Å²) in [7, 11) is 0. The van der Waals surface area contributed by atoms with Crippen LogP contribution in [-0.2, 0) is 19.1 Å². The Hall–Kier alpha value is -1.66. The molecule has 24 heavy (non-hydrogen) atoms. The first-order chi connectivity index (χ1) is 11.6. The van der Waals surface area contributed by atoms with E-state index < -0.39 is 17.4 Å². The fourth-order valence-electron chi connectivity index (χ4n) is 3.94. The highest BCUT2D eigenvalue weighted by atomic mass is 79.9. The number of anilines is 1. The molecule has 3 aliphatic rings. The number of para-hydroxylation sites is 1. The Labute approximate surface area is 148 Å². The van der Waals surface area contributed by atoms with Crippen LogP contribution in [-0.4, -0.2) is 36.7 Å². The molecular formula is C18H18BrNO4. The normalized spacial score (nSPS) is 33.2. The summed E-state index contributed by atoms with van der Waals surface area (Å²) in [6.45, 7) is 2.73. The van der Waals surface area contributed by atoms with Crippen LogP contribution in [0.2, 0.25) is 0 Å². The van der Waals surface area contributed by atoms with E-state index in [0.29, 0.717) is 13.2 Å². The van der Waals surface area contributed by atoms with Gasteiger partial charge < -0.3 is 14.4 Å². The zero-order valence-electron chi connectivity index (χ0n) is 13.3. The Balaban J connectivity index is 1.67. The molecule has 0 radical (unpaired) electrons. The number of hydrogen-bond donors (Lipinski definition) is 0. The smallest absolute Gasteiger partial charge is 0.312 e. The molecule has 5 nitrogen and oxygen atoms in total. The molecule has 0 aromatic heterocycles. The lowest BCUT2D eigenvalue weighted by molar-refractivity contribution is -0.152. The van der Waals surface area contributed by atoms with Gasteiger partial charge in [-0.1, -0.05) is 31.2 Å². The Bertz CT molecular complexity index is 733. The number of fused-ring (bicyclic) bond motifs is 1. The van der Waals surface area contributed by atoms with E-state index in [1.165, 1.54) is 0 Å². The third-order valence-electron chi connectivity index (χ3n) is 4.96. The van der Waals surface area contributed by atoms with Gasteiger partial charge in [0.05, 0.1) is 30.9 Å². The minimum atomic E-state index is -0.715. The average Bonchev–Trinajstić information content (AvgIpc) is 3.21. The number of hydrogen-bond acceptors (Lipinski definition) is 4. The van der Waals surface area contributed by atoms with Crippen molar-refractivity contribution in [3.63, 3.8) is 0 Å². The van der Waals surface area contributed by atoms with Gasteiger partial charge in [0.25, 0.3) is 0 Å². The molecule has 4 rings (SSSR count). The van der Waals surface area contributed by atoms with Gasteiger partial charge in [-0.3, -0.25) is 9.59 Å². The second kappa shape index (κ2) is 5.70. The number of carbonyl (C=O) groups is 2. The zero-order chi connectivity index (χ0) is 16.9. The number of carbonyl (C=O) groups excluding carboxylic acids is 2. The molecule has 126 valence electrons. The van der Waals surface area contributed by atoms with Crippen molar-refractivity contribution in [3.8, 4) is 0 Å². The summed E-state index contributed by atoms with van der Waals surface area (Å²) < 4.78 is 12.2. The number of esters is 1. The van der Waals surface area contributed by atoms with Crippen LogP contribution in [0, 0.1) is 11.8 Å². The van der Waals surface area contributed by atoms with Gasteiger partial charge in [-0.2, -0.15) is 0 Å². The van der Waals surface area contributed by atoms with E-state index in [9.17, 15) is 9.59 Å². The number of ether oxygens (including phenoxy) is 2. The number of benzene rings is 1. The van der Waals surface area contributed by atoms with E-state index in [2.05, 4.69) is 15.9 Å². The molecule has 0 aliphatic carbocycles. The first-order valence-corrected chi connectivity index (χ1v) is 8.96. The summed E-state index contributed by atoms with van der Waals surface area (Å²) in [5.41, 5.74) is 0.0832. The van der Waals surface area contributed by atoms with Crippen LogP contribution in [0.1, 0.15) is 13.3 Å². The molecule has 1 spiro atoms. The first kappa shape index (κ1) is 15.8. The Kier molecular flexibility index (Phi) is 3.77. The van der Waals surface area contributed by atoms with E-state index >= 15 is 0 Å². The molecule has 2 bridgehead atoms. The maximum absolute atomic E-state index is 13.1. The number of amides is 1. The molecule has 4 atom stereocenters. The summed E-state index contributed by atoms with van der Waals surface area (Å²) in [5, 5.41) is 0. The van der Waals surface area contributed by atoms with Crippen molar-refractivity contribution < 1.29 is 19.1 Å². The van der Waals surface area contributed by atoms with Crippen molar-refractivity contribution >= 4 is 33.5 Å². The molecule has 3 aliphatic heterocycles. The predicted molar refractivity (Wildman–Crippen MR) is 91.5 cm³/mol. The summed E-state index contributed by atoms with van der Waals surface area (Å²) >= 11 is 3.50. The lowest BCUT2D eigenvalue weighted by atomic mass is 9.77. The van der Waals surface area contributed by atoms with Crippen LogP contribution < -0.4 is 4.90 Å². The van der Waals surface area contributed by atoms with Crippen LogP contribution in [0.5, 0.6) is 0 Å². The molecule has 0 N–H and O–H groups in total. The minimum Gasteiger partial charge on any atom is -0.465 e. The molecule has 1 aromatic carbocycles. The molecule has 2 saturated heterocycles. The summed E-state index contributed by atoms with van der Waals surface area (Å²) in [6.07, 6.45) is 4.24. The Morgan fingerprint density at radius 2 is 2.25 bits per heavy atom. The third-order valence-corrected chi connectivity index (χ3v) is 5.63. The SMILES string of the molecule is CCCOC(=O)[C@@H]1[C@@H]2C=C[C@@]3(CN(c4ccccc4Br)C(=O)[C@@H]13)O2. The minimum absolute atomic E-state index is 0.0767. The van der Waals surface area contributed by atoms with Crippen LogP contribution in [0.15, 0.2) is 40.9 Å². The quantitative estimate of drug-likeness (QED) is 0.584. The lowest BCUT2D eigenvalue weighted by Crippen LogP contribution is -2.40. The van der Waals surface area contributed by atoms with E-state index in [0.717, 1.165) is 16.6 Å². The van der Waals surface area contributed by atoms with Crippen LogP contribution >= 0.6 is 15.9 Å². The maximum atomic E-state index is 13.1. The highest BCUT2D eigenvalue weighted by Gasteiger charge is 2.67. The van der Waals surface area contributed by atoms with Gasteiger partial charge in [-0.05, 0) is 34.5 Å². The van der Waals surface area contributed by atoms with Gasteiger partial charge in [-0.25, -0.2) is 0 Å². The number of nitrogens with zero attached hydrogens (tertiary/aromatic N) is 1. The second-order valence-corrected chi connectivity index (χ2v) is 7.30. The fourth-order valence-corrected chi connectivity index (χ4v) is 4.44. The number of halogens is 1. The van der Waals surface area contributed by atoms with Gasteiger partial charge in [0.15, 0.2) is 0 Å². The van der Waals surface area contributed by atoms with Crippen molar-refractivity contribution in [1.82, 2.24) is 0 Å². The fraction of sp³-hybridized carbons (Fsp3) is 0.444. The van der Waals surface area contributed by atoms with Gasteiger partial charge >= 0.3 is 5.97 Å². The highest BCUT2D eigenvalue weighted by Crippen LogP contribution is 2.53. The maximum Gasteiger partial charge on any atom is 0.312 e. The second-order valence-electron chi connectivity index (χ2n) is 6.44. The molecule has 6 heteroatoms. The van der Waals surface area contributed by atoms with Gasteiger partial charge in [0.1, 0.15) is 11.5 Å². The Morgan fingerprint density at radius 1 is 1.46 bits per heavy atom. The Morgan fingerprint density at radius 3 is 3.00 bits per heavy atom. The molecule has 2 fully saturated rings. The van der Waals surface area contributed by atoms with E-state index in [4.69, 9.17) is 9.47 Å². The van der Waals surface area contributed by atoms with Crippen LogP contribution in [0.25, 0.3) is 0 Å². The zero-order valence-corrected chi connectivity index (χ0v) is 14.9. The van der Waals surface area contributed by atoms with Crippen molar-refractivity contribution in [2.75, 3.05) is 18.1 Å². The van der Waals surface area contributed by atoms with Gasteiger partial charge in [0.2, 0.25) is 5.91 Å².